The highest BCUT2D eigenvalue weighted by atomic mass is 32.2. The smallest absolute Gasteiger partial charge is 0.221 e. The van der Waals surface area contributed by atoms with Gasteiger partial charge in [0.25, 0.3) is 0 Å². The molecule has 0 aromatic heterocycles. The first-order valence-corrected chi connectivity index (χ1v) is 9.77. The molecule has 1 aliphatic carbocycles. The molecule has 0 aliphatic heterocycles. The van der Waals surface area contributed by atoms with Crippen molar-refractivity contribution in [3.63, 3.8) is 0 Å². The normalized spacial score (nSPS) is 20.8. The Kier molecular flexibility index (Phi) is 4.95. The Hall–Kier alpha value is -1.36. The van der Waals surface area contributed by atoms with Gasteiger partial charge < -0.3 is 5.32 Å². The van der Waals surface area contributed by atoms with Gasteiger partial charge in [-0.15, -0.1) is 0 Å². The van der Waals surface area contributed by atoms with E-state index in [1.165, 1.54) is 11.1 Å². The fraction of sp³-hybridized carbons (Fsp3) is 0.588. The third-order valence-corrected chi connectivity index (χ3v) is 5.24. The lowest BCUT2D eigenvalue weighted by atomic mass is 9.83. The van der Waals surface area contributed by atoms with E-state index in [0.717, 1.165) is 25.5 Å². The van der Waals surface area contributed by atoms with Gasteiger partial charge in [-0.05, 0) is 35.8 Å². The van der Waals surface area contributed by atoms with Gasteiger partial charge in [0.1, 0.15) is 9.84 Å². The zero-order valence-corrected chi connectivity index (χ0v) is 14.4. The third kappa shape index (κ3) is 4.83. The average molecular weight is 323 g/mol. The van der Waals surface area contributed by atoms with E-state index in [4.69, 9.17) is 0 Å². The summed E-state index contributed by atoms with van der Waals surface area (Å²) < 4.78 is 22.4. The van der Waals surface area contributed by atoms with Crippen LogP contribution in [0, 0.1) is 5.41 Å². The van der Waals surface area contributed by atoms with Gasteiger partial charge in [0.05, 0.1) is 11.8 Å². The van der Waals surface area contributed by atoms with Crippen LogP contribution in [-0.2, 0) is 21.1 Å². The number of sulfone groups is 1. The van der Waals surface area contributed by atoms with Gasteiger partial charge in [0.2, 0.25) is 5.91 Å². The van der Waals surface area contributed by atoms with Crippen molar-refractivity contribution in [3.8, 4) is 0 Å². The minimum absolute atomic E-state index is 0.0257. The molecule has 1 atom stereocenters. The van der Waals surface area contributed by atoms with Crippen LogP contribution >= 0.6 is 0 Å². The second kappa shape index (κ2) is 6.41. The Bertz CT molecular complexity index is 650. The molecule has 5 heteroatoms. The molecule has 0 spiro atoms. The number of hydrogen-bond acceptors (Lipinski definition) is 3. The summed E-state index contributed by atoms with van der Waals surface area (Å²) in [6.45, 7) is 4.43. The summed E-state index contributed by atoms with van der Waals surface area (Å²) in [5.41, 5.74) is 2.59. The summed E-state index contributed by atoms with van der Waals surface area (Å²) in [5, 5.41) is 3.04. The van der Waals surface area contributed by atoms with Gasteiger partial charge in [-0.2, -0.15) is 0 Å². The standard InChI is InChI=1S/C17H25NO3S/c1-17(2)10-8-13-6-4-5-7-14(13)15(12-17)18-16(19)9-11-22(3,20)21/h4-7,15H,8-12H2,1-3H3,(H,18,19)/t15-/m1/s1. The van der Waals surface area contributed by atoms with E-state index in [-0.39, 0.29) is 29.5 Å². The van der Waals surface area contributed by atoms with Gasteiger partial charge in [-0.25, -0.2) is 8.42 Å². The van der Waals surface area contributed by atoms with E-state index >= 15 is 0 Å². The maximum Gasteiger partial charge on any atom is 0.221 e. The largest absolute Gasteiger partial charge is 0.349 e. The highest BCUT2D eigenvalue weighted by Gasteiger charge is 2.30. The molecule has 1 aromatic carbocycles. The minimum atomic E-state index is -3.11. The second-order valence-corrected chi connectivity index (χ2v) is 9.33. The average Bonchev–Trinajstić information content (AvgIpc) is 2.53. The molecule has 1 aromatic rings. The van der Waals surface area contributed by atoms with Crippen LogP contribution in [0.25, 0.3) is 0 Å². The van der Waals surface area contributed by atoms with Crippen molar-refractivity contribution in [1.29, 1.82) is 0 Å². The van der Waals surface area contributed by atoms with Crippen LogP contribution in [0.5, 0.6) is 0 Å². The van der Waals surface area contributed by atoms with E-state index in [0.29, 0.717) is 0 Å². The highest BCUT2D eigenvalue weighted by molar-refractivity contribution is 7.90. The van der Waals surface area contributed by atoms with Crippen LogP contribution < -0.4 is 5.32 Å². The van der Waals surface area contributed by atoms with Crippen molar-refractivity contribution >= 4 is 15.7 Å². The monoisotopic (exact) mass is 323 g/mol. The first kappa shape index (κ1) is 17.0. The number of carbonyl (C=O) groups excluding carboxylic acids is 1. The van der Waals surface area contributed by atoms with Crippen molar-refractivity contribution < 1.29 is 13.2 Å². The van der Waals surface area contributed by atoms with Gasteiger partial charge in [-0.1, -0.05) is 38.1 Å². The lowest BCUT2D eigenvalue weighted by molar-refractivity contribution is -0.121. The molecule has 4 nitrogen and oxygen atoms in total. The maximum atomic E-state index is 12.1. The Balaban J connectivity index is 2.15. The van der Waals surface area contributed by atoms with Crippen LogP contribution in [0.1, 0.15) is 50.3 Å². The lowest BCUT2D eigenvalue weighted by Crippen LogP contribution is -2.32. The molecule has 22 heavy (non-hydrogen) atoms. The van der Waals surface area contributed by atoms with Crippen LogP contribution in [0.2, 0.25) is 0 Å². The number of rotatable bonds is 4. The zero-order valence-electron chi connectivity index (χ0n) is 13.6. The SMILES string of the molecule is CC1(C)CCc2ccccc2[C@H](NC(=O)CCS(C)(=O)=O)C1. The fourth-order valence-electron chi connectivity index (χ4n) is 3.01. The molecule has 0 saturated heterocycles. The van der Waals surface area contributed by atoms with Crippen LogP contribution in [0.3, 0.4) is 0 Å². The van der Waals surface area contributed by atoms with Crippen LogP contribution in [-0.4, -0.2) is 26.3 Å². The number of amides is 1. The van der Waals surface area contributed by atoms with Crippen molar-refractivity contribution in [1.82, 2.24) is 5.32 Å². The highest BCUT2D eigenvalue weighted by Crippen LogP contribution is 2.39. The molecule has 0 fully saturated rings. The quantitative estimate of drug-likeness (QED) is 0.866. The number of hydrogen-bond donors (Lipinski definition) is 1. The number of fused-ring (bicyclic) bond motifs is 1. The molecule has 0 bridgehead atoms. The number of aryl methyl sites for hydroxylation is 1. The second-order valence-electron chi connectivity index (χ2n) is 7.07. The Morgan fingerprint density at radius 3 is 2.68 bits per heavy atom. The van der Waals surface area contributed by atoms with Crippen molar-refractivity contribution in [2.24, 2.45) is 5.41 Å². The van der Waals surface area contributed by atoms with Crippen molar-refractivity contribution in [2.45, 2.75) is 45.6 Å². The Labute approximate surface area is 133 Å². The van der Waals surface area contributed by atoms with Gasteiger partial charge in [0, 0.05) is 12.7 Å². The molecule has 2 rings (SSSR count). The molecule has 1 N–H and O–H groups in total. The molecular formula is C17H25NO3S. The first-order chi connectivity index (χ1) is 10.2. The van der Waals surface area contributed by atoms with E-state index in [1.807, 2.05) is 12.1 Å². The Morgan fingerprint density at radius 1 is 1.32 bits per heavy atom. The summed E-state index contributed by atoms with van der Waals surface area (Å²) in [4.78, 5) is 12.1. The summed E-state index contributed by atoms with van der Waals surface area (Å²) in [5.74, 6) is -0.292. The summed E-state index contributed by atoms with van der Waals surface area (Å²) in [7, 11) is -3.11. The van der Waals surface area contributed by atoms with Crippen molar-refractivity contribution in [2.75, 3.05) is 12.0 Å². The molecule has 1 amide bonds. The topological polar surface area (TPSA) is 63.2 Å². The van der Waals surface area contributed by atoms with Crippen LogP contribution in [0.4, 0.5) is 0 Å². The summed E-state index contributed by atoms with van der Waals surface area (Å²) in [6.07, 6.45) is 4.15. The first-order valence-electron chi connectivity index (χ1n) is 7.71. The van der Waals surface area contributed by atoms with Crippen molar-refractivity contribution in [3.05, 3.63) is 35.4 Å². The molecular weight excluding hydrogens is 298 g/mol. The third-order valence-electron chi connectivity index (χ3n) is 4.29. The molecule has 1 aliphatic rings. The molecule has 0 radical (unpaired) electrons. The molecule has 122 valence electrons. The molecule has 0 heterocycles. The van der Waals surface area contributed by atoms with Gasteiger partial charge >= 0.3 is 0 Å². The summed E-state index contributed by atoms with van der Waals surface area (Å²) >= 11 is 0. The van der Waals surface area contributed by atoms with Gasteiger partial charge in [-0.3, -0.25) is 4.79 Å². The van der Waals surface area contributed by atoms with E-state index in [9.17, 15) is 13.2 Å². The summed E-state index contributed by atoms with van der Waals surface area (Å²) in [6, 6.07) is 8.16. The zero-order chi connectivity index (χ0) is 16.4. The van der Waals surface area contributed by atoms with Gasteiger partial charge in [0.15, 0.2) is 0 Å². The maximum absolute atomic E-state index is 12.1. The predicted molar refractivity (Wildman–Crippen MR) is 88.4 cm³/mol. The lowest BCUT2D eigenvalue weighted by Gasteiger charge is -2.27. The number of carbonyl (C=O) groups is 1. The van der Waals surface area contributed by atoms with E-state index < -0.39 is 9.84 Å². The predicted octanol–water partition coefficient (Wildman–Crippen LogP) is 2.64. The van der Waals surface area contributed by atoms with E-state index in [1.54, 1.807) is 0 Å². The molecule has 0 unspecified atom stereocenters. The number of nitrogens with one attached hydrogen (secondary N) is 1. The van der Waals surface area contributed by atoms with Crippen LogP contribution in [0.15, 0.2) is 24.3 Å². The number of benzene rings is 1. The minimum Gasteiger partial charge on any atom is -0.349 e. The Morgan fingerprint density at radius 2 is 2.00 bits per heavy atom. The molecule has 0 saturated carbocycles. The van der Waals surface area contributed by atoms with E-state index in [2.05, 4.69) is 31.3 Å². The fourth-order valence-corrected chi connectivity index (χ4v) is 3.57.